The van der Waals surface area contributed by atoms with Crippen LogP contribution in [0.25, 0.3) is 0 Å². The Morgan fingerprint density at radius 1 is 1.10 bits per heavy atom. The van der Waals surface area contributed by atoms with Crippen molar-refractivity contribution in [1.29, 1.82) is 0 Å². The minimum Gasteiger partial charge on any atom is -0.341 e. The second-order valence-electron chi connectivity index (χ2n) is 4.02. The Morgan fingerprint density at radius 2 is 1.85 bits per heavy atom. The number of aromatic nitrogens is 5. The highest BCUT2D eigenvalue weighted by Gasteiger charge is 2.18. The number of nitrogens with zero attached hydrogens (tertiary/aromatic N) is 6. The number of rotatable bonds is 4. The first-order valence-electron chi connectivity index (χ1n) is 5.96. The molecule has 20 heavy (non-hydrogen) atoms. The van der Waals surface area contributed by atoms with E-state index in [-0.39, 0.29) is 5.28 Å². The maximum Gasteiger partial charge on any atom is 0.230 e. The van der Waals surface area contributed by atoms with E-state index in [0.29, 0.717) is 11.1 Å². The Kier molecular flexibility index (Phi) is 4.59. The van der Waals surface area contributed by atoms with E-state index < -0.39 is 0 Å². The summed E-state index contributed by atoms with van der Waals surface area (Å²) in [5, 5.41) is 8.93. The van der Waals surface area contributed by atoms with Gasteiger partial charge in [0.05, 0.1) is 0 Å². The number of hydrogen-bond acceptors (Lipinski definition) is 9. The zero-order valence-corrected chi connectivity index (χ0v) is 13.8. The molecule has 106 valence electrons. The summed E-state index contributed by atoms with van der Waals surface area (Å²) in [6.45, 7) is 1.94. The SMILES string of the molecule is CSc1nnc(Sc2nc(Cl)nc(N3CCCC3)n2)s1. The molecule has 0 aliphatic carbocycles. The maximum atomic E-state index is 5.99. The molecule has 0 amide bonds. The molecule has 2 aromatic rings. The first-order valence-corrected chi connectivity index (χ1v) is 9.20. The third kappa shape index (κ3) is 3.33. The van der Waals surface area contributed by atoms with Crippen LogP contribution in [0.15, 0.2) is 13.8 Å². The molecular formula is C10H11ClN6S3. The van der Waals surface area contributed by atoms with Gasteiger partial charge >= 0.3 is 0 Å². The predicted molar refractivity (Wildman–Crippen MR) is 82.1 cm³/mol. The van der Waals surface area contributed by atoms with Crippen molar-refractivity contribution >= 4 is 52.4 Å². The second-order valence-corrected chi connectivity index (χ2v) is 7.60. The predicted octanol–water partition coefficient (Wildman–Crippen LogP) is 2.85. The molecule has 3 rings (SSSR count). The Balaban J connectivity index is 1.81. The smallest absolute Gasteiger partial charge is 0.230 e. The van der Waals surface area contributed by atoms with Crippen LogP contribution in [0.2, 0.25) is 5.28 Å². The quantitative estimate of drug-likeness (QED) is 0.783. The van der Waals surface area contributed by atoms with E-state index in [0.717, 1.165) is 21.8 Å². The lowest BCUT2D eigenvalue weighted by atomic mass is 10.4. The molecule has 0 atom stereocenters. The minimum atomic E-state index is 0.221. The van der Waals surface area contributed by atoms with Crippen molar-refractivity contribution in [2.75, 3.05) is 24.2 Å². The van der Waals surface area contributed by atoms with Crippen molar-refractivity contribution in [2.24, 2.45) is 0 Å². The summed E-state index contributed by atoms with van der Waals surface area (Å²) < 4.78 is 1.73. The van der Waals surface area contributed by atoms with Crippen LogP contribution in [-0.4, -0.2) is 44.5 Å². The van der Waals surface area contributed by atoms with Crippen molar-refractivity contribution in [3.63, 3.8) is 0 Å². The molecule has 0 saturated carbocycles. The zero-order chi connectivity index (χ0) is 13.9. The summed E-state index contributed by atoms with van der Waals surface area (Å²) in [5.74, 6) is 0.652. The fourth-order valence-electron chi connectivity index (χ4n) is 1.83. The van der Waals surface area contributed by atoms with Gasteiger partial charge in [-0.25, -0.2) is 0 Å². The number of anilines is 1. The molecule has 0 unspecified atom stereocenters. The number of hydrogen-bond donors (Lipinski definition) is 0. The van der Waals surface area contributed by atoms with E-state index in [1.807, 2.05) is 6.26 Å². The molecule has 1 fully saturated rings. The largest absolute Gasteiger partial charge is 0.341 e. The van der Waals surface area contributed by atoms with Crippen LogP contribution in [0.1, 0.15) is 12.8 Å². The molecule has 0 radical (unpaired) electrons. The van der Waals surface area contributed by atoms with E-state index >= 15 is 0 Å². The molecule has 1 saturated heterocycles. The van der Waals surface area contributed by atoms with E-state index in [1.165, 1.54) is 35.9 Å². The summed E-state index contributed by atoms with van der Waals surface area (Å²) in [6.07, 6.45) is 4.30. The highest BCUT2D eigenvalue weighted by molar-refractivity contribution is 8.02. The van der Waals surface area contributed by atoms with Gasteiger partial charge in [-0.3, -0.25) is 0 Å². The highest BCUT2D eigenvalue weighted by atomic mass is 35.5. The van der Waals surface area contributed by atoms with Crippen LogP contribution in [0, 0.1) is 0 Å². The second kappa shape index (κ2) is 6.42. The molecule has 10 heteroatoms. The summed E-state index contributed by atoms with van der Waals surface area (Å²) in [6, 6.07) is 0. The van der Waals surface area contributed by atoms with E-state index in [4.69, 9.17) is 11.6 Å². The zero-order valence-electron chi connectivity index (χ0n) is 10.6. The third-order valence-electron chi connectivity index (χ3n) is 2.71. The normalized spacial score (nSPS) is 15.0. The van der Waals surface area contributed by atoms with Crippen LogP contribution in [0.4, 0.5) is 5.95 Å². The van der Waals surface area contributed by atoms with Crippen LogP contribution in [0.3, 0.4) is 0 Å². The summed E-state index contributed by atoms with van der Waals surface area (Å²) in [5.41, 5.74) is 0. The van der Waals surface area contributed by atoms with Crippen molar-refractivity contribution in [2.45, 2.75) is 26.7 Å². The Bertz CT molecular complexity index is 600. The van der Waals surface area contributed by atoms with Crippen molar-refractivity contribution in [1.82, 2.24) is 25.1 Å². The Hall–Kier alpha value is -0.640. The summed E-state index contributed by atoms with van der Waals surface area (Å²) in [4.78, 5) is 14.9. The van der Waals surface area contributed by atoms with E-state index in [2.05, 4.69) is 30.0 Å². The molecule has 2 aromatic heterocycles. The maximum absolute atomic E-state index is 5.99. The third-order valence-corrected chi connectivity index (χ3v) is 5.69. The highest BCUT2D eigenvalue weighted by Crippen LogP contribution is 2.32. The van der Waals surface area contributed by atoms with Gasteiger partial charge in [0, 0.05) is 13.1 Å². The Labute approximate surface area is 133 Å². The number of halogens is 1. The van der Waals surface area contributed by atoms with Gasteiger partial charge in [-0.2, -0.15) is 15.0 Å². The van der Waals surface area contributed by atoms with Gasteiger partial charge in [-0.15, -0.1) is 10.2 Å². The van der Waals surface area contributed by atoms with E-state index in [9.17, 15) is 0 Å². The van der Waals surface area contributed by atoms with Gasteiger partial charge in [0.2, 0.25) is 16.4 Å². The van der Waals surface area contributed by atoms with Crippen LogP contribution < -0.4 is 4.90 Å². The fraction of sp³-hybridized carbons (Fsp3) is 0.500. The van der Waals surface area contributed by atoms with Gasteiger partial charge in [-0.1, -0.05) is 23.1 Å². The van der Waals surface area contributed by atoms with Crippen LogP contribution in [-0.2, 0) is 0 Å². The van der Waals surface area contributed by atoms with E-state index in [1.54, 1.807) is 11.8 Å². The Morgan fingerprint density at radius 3 is 2.55 bits per heavy atom. The van der Waals surface area contributed by atoms with Crippen molar-refractivity contribution in [3.05, 3.63) is 5.28 Å². The molecule has 3 heterocycles. The first kappa shape index (κ1) is 14.3. The van der Waals surface area contributed by atoms with Gasteiger partial charge < -0.3 is 4.90 Å². The van der Waals surface area contributed by atoms with Gasteiger partial charge in [0.15, 0.2) is 8.68 Å². The van der Waals surface area contributed by atoms with Gasteiger partial charge in [0.25, 0.3) is 0 Å². The monoisotopic (exact) mass is 346 g/mol. The molecule has 0 N–H and O–H groups in total. The molecule has 0 spiro atoms. The average Bonchev–Trinajstić information content (AvgIpc) is 3.09. The van der Waals surface area contributed by atoms with Gasteiger partial charge in [-0.05, 0) is 42.5 Å². The lowest BCUT2D eigenvalue weighted by Crippen LogP contribution is -2.21. The molecule has 6 nitrogen and oxygen atoms in total. The molecule has 1 aliphatic heterocycles. The standard InChI is InChI=1S/C10H11ClN6S3/c1-18-9-15-16-10(20-9)19-8-13-6(11)12-7(14-8)17-4-2-3-5-17/h2-5H2,1H3. The van der Waals surface area contributed by atoms with Gasteiger partial charge in [0.1, 0.15) is 0 Å². The summed E-state index contributed by atoms with van der Waals surface area (Å²) >= 11 is 10.4. The molecule has 0 aromatic carbocycles. The fourth-order valence-corrected chi connectivity index (χ4v) is 4.32. The number of thioether (sulfide) groups is 1. The average molecular weight is 347 g/mol. The molecular weight excluding hydrogens is 336 g/mol. The van der Waals surface area contributed by atoms with Crippen LogP contribution >= 0.6 is 46.5 Å². The lowest BCUT2D eigenvalue weighted by Gasteiger charge is -2.14. The van der Waals surface area contributed by atoms with Crippen molar-refractivity contribution < 1.29 is 0 Å². The summed E-state index contributed by atoms with van der Waals surface area (Å²) in [7, 11) is 0. The first-order chi connectivity index (χ1) is 9.74. The topological polar surface area (TPSA) is 67.7 Å². The molecule has 1 aliphatic rings. The minimum absolute atomic E-state index is 0.221. The van der Waals surface area contributed by atoms with Crippen molar-refractivity contribution in [3.8, 4) is 0 Å². The lowest BCUT2D eigenvalue weighted by molar-refractivity contribution is 0.825. The van der Waals surface area contributed by atoms with Crippen LogP contribution in [0.5, 0.6) is 0 Å². The molecule has 0 bridgehead atoms.